The smallest absolute Gasteiger partial charge is 0.246 e. The minimum atomic E-state index is -0.377. The molecule has 1 aliphatic rings. The number of carbonyl (C=O) groups excluding carboxylic acids is 2. The van der Waals surface area contributed by atoms with Crippen LogP contribution >= 0.6 is 0 Å². The fraction of sp³-hybridized carbons (Fsp3) is 0.333. The van der Waals surface area contributed by atoms with Gasteiger partial charge in [0, 0.05) is 30.5 Å². The van der Waals surface area contributed by atoms with Crippen molar-refractivity contribution < 1.29 is 9.59 Å². The molecule has 136 valence electrons. The molecule has 0 bridgehead atoms. The Labute approximate surface area is 154 Å². The lowest BCUT2D eigenvalue weighted by Gasteiger charge is -2.18. The van der Waals surface area contributed by atoms with Crippen molar-refractivity contribution in [1.82, 2.24) is 0 Å². The first kappa shape index (κ1) is 18.0. The van der Waals surface area contributed by atoms with Crippen molar-refractivity contribution in [1.29, 1.82) is 0 Å². The number of carbonyl (C=O) groups is 2. The molecule has 5 nitrogen and oxygen atoms in total. The first-order chi connectivity index (χ1) is 12.3. The summed E-state index contributed by atoms with van der Waals surface area (Å²) < 4.78 is 0. The van der Waals surface area contributed by atoms with E-state index in [2.05, 4.69) is 10.6 Å². The standard InChI is InChI=1S/C21H25N3O2/c1-13-5-6-14(2)19(11-13)23-21(26)15(3)22-18-7-8-20-17(12-18)9-10-24(20)16(4)25/h5-8,11-12,15,22H,9-10H2,1-4H3,(H,23,26). The summed E-state index contributed by atoms with van der Waals surface area (Å²) in [7, 11) is 0. The van der Waals surface area contributed by atoms with Gasteiger partial charge in [0.2, 0.25) is 11.8 Å². The van der Waals surface area contributed by atoms with Gasteiger partial charge in [-0.15, -0.1) is 0 Å². The van der Waals surface area contributed by atoms with Crippen LogP contribution in [0.3, 0.4) is 0 Å². The van der Waals surface area contributed by atoms with E-state index in [1.165, 1.54) is 0 Å². The van der Waals surface area contributed by atoms with Crippen molar-refractivity contribution in [2.45, 2.75) is 40.2 Å². The molecule has 0 saturated carbocycles. The molecule has 0 aliphatic carbocycles. The largest absolute Gasteiger partial charge is 0.374 e. The highest BCUT2D eigenvalue weighted by Crippen LogP contribution is 2.30. The first-order valence-corrected chi connectivity index (χ1v) is 8.91. The van der Waals surface area contributed by atoms with Crippen LogP contribution in [0.5, 0.6) is 0 Å². The van der Waals surface area contributed by atoms with Crippen molar-refractivity contribution >= 4 is 28.9 Å². The van der Waals surface area contributed by atoms with Crippen LogP contribution in [0.1, 0.15) is 30.5 Å². The monoisotopic (exact) mass is 351 g/mol. The maximum atomic E-state index is 12.5. The maximum Gasteiger partial charge on any atom is 0.246 e. The predicted molar refractivity (Wildman–Crippen MR) is 106 cm³/mol. The summed E-state index contributed by atoms with van der Waals surface area (Å²) in [4.78, 5) is 26.0. The molecule has 5 heteroatoms. The Morgan fingerprint density at radius 1 is 1.12 bits per heavy atom. The Hall–Kier alpha value is -2.82. The van der Waals surface area contributed by atoms with Gasteiger partial charge in [-0.3, -0.25) is 9.59 Å². The van der Waals surface area contributed by atoms with E-state index >= 15 is 0 Å². The number of anilines is 3. The Balaban J connectivity index is 1.68. The summed E-state index contributed by atoms with van der Waals surface area (Å²) in [5.74, 6) is -0.0182. The van der Waals surface area contributed by atoms with Gasteiger partial charge in [0.05, 0.1) is 0 Å². The van der Waals surface area contributed by atoms with E-state index in [1.54, 1.807) is 11.8 Å². The number of amides is 2. The van der Waals surface area contributed by atoms with Crippen LogP contribution in [0.15, 0.2) is 36.4 Å². The van der Waals surface area contributed by atoms with E-state index < -0.39 is 0 Å². The fourth-order valence-electron chi connectivity index (χ4n) is 3.25. The van der Waals surface area contributed by atoms with Gasteiger partial charge in [-0.1, -0.05) is 12.1 Å². The van der Waals surface area contributed by atoms with Crippen LogP contribution in [-0.2, 0) is 16.0 Å². The van der Waals surface area contributed by atoms with Gasteiger partial charge in [0.15, 0.2) is 0 Å². The molecule has 0 aromatic heterocycles. The maximum absolute atomic E-state index is 12.5. The first-order valence-electron chi connectivity index (χ1n) is 8.91. The average molecular weight is 351 g/mol. The Morgan fingerprint density at radius 2 is 1.88 bits per heavy atom. The van der Waals surface area contributed by atoms with Crippen molar-refractivity contribution in [3.63, 3.8) is 0 Å². The van der Waals surface area contributed by atoms with Crippen molar-refractivity contribution in [3.05, 3.63) is 53.1 Å². The third kappa shape index (κ3) is 3.72. The van der Waals surface area contributed by atoms with Crippen LogP contribution in [-0.4, -0.2) is 24.4 Å². The lowest BCUT2D eigenvalue weighted by atomic mass is 10.1. The summed E-state index contributed by atoms with van der Waals surface area (Å²) in [6.45, 7) is 8.13. The number of rotatable bonds is 4. The normalized spacial score (nSPS) is 13.9. The summed E-state index contributed by atoms with van der Waals surface area (Å²) in [6.07, 6.45) is 0.841. The number of benzene rings is 2. The summed E-state index contributed by atoms with van der Waals surface area (Å²) >= 11 is 0. The van der Waals surface area contributed by atoms with E-state index in [-0.39, 0.29) is 17.9 Å². The highest BCUT2D eigenvalue weighted by molar-refractivity contribution is 5.97. The second-order valence-electron chi connectivity index (χ2n) is 6.94. The van der Waals surface area contributed by atoms with E-state index in [4.69, 9.17) is 0 Å². The van der Waals surface area contributed by atoms with Crippen LogP contribution in [0.2, 0.25) is 0 Å². The molecule has 2 amide bonds. The number of hydrogen-bond donors (Lipinski definition) is 2. The molecule has 2 aromatic rings. The van der Waals surface area contributed by atoms with Gasteiger partial charge in [0.25, 0.3) is 0 Å². The van der Waals surface area contributed by atoms with E-state index in [1.807, 2.05) is 57.2 Å². The van der Waals surface area contributed by atoms with E-state index in [9.17, 15) is 9.59 Å². The van der Waals surface area contributed by atoms with Gasteiger partial charge >= 0.3 is 0 Å². The number of nitrogens with one attached hydrogen (secondary N) is 2. The molecule has 1 heterocycles. The molecular weight excluding hydrogens is 326 g/mol. The Kier molecular flexibility index (Phi) is 4.98. The minimum Gasteiger partial charge on any atom is -0.374 e. The lowest BCUT2D eigenvalue weighted by Crippen LogP contribution is -2.32. The van der Waals surface area contributed by atoms with Crippen LogP contribution in [0, 0.1) is 13.8 Å². The molecule has 1 aliphatic heterocycles. The molecule has 2 aromatic carbocycles. The van der Waals surface area contributed by atoms with Gasteiger partial charge in [-0.25, -0.2) is 0 Å². The third-order valence-electron chi connectivity index (χ3n) is 4.78. The quantitative estimate of drug-likeness (QED) is 0.884. The zero-order chi connectivity index (χ0) is 18.8. The van der Waals surface area contributed by atoms with E-state index in [0.29, 0.717) is 0 Å². The molecule has 1 unspecified atom stereocenters. The van der Waals surface area contributed by atoms with Crippen molar-refractivity contribution in [2.75, 3.05) is 22.1 Å². The number of aryl methyl sites for hydroxylation is 2. The topological polar surface area (TPSA) is 61.4 Å². The van der Waals surface area contributed by atoms with Gasteiger partial charge in [-0.05, 0) is 68.1 Å². The lowest BCUT2D eigenvalue weighted by molar-refractivity contribution is -0.117. The van der Waals surface area contributed by atoms with E-state index in [0.717, 1.165) is 46.7 Å². The molecule has 3 rings (SSSR count). The highest BCUT2D eigenvalue weighted by Gasteiger charge is 2.22. The van der Waals surface area contributed by atoms with Gasteiger partial charge < -0.3 is 15.5 Å². The summed E-state index contributed by atoms with van der Waals surface area (Å²) in [5.41, 5.74) is 5.98. The van der Waals surface area contributed by atoms with Gasteiger partial charge in [0.1, 0.15) is 6.04 Å². The second kappa shape index (κ2) is 7.20. The molecule has 0 radical (unpaired) electrons. The zero-order valence-electron chi connectivity index (χ0n) is 15.7. The SMILES string of the molecule is CC(=O)N1CCc2cc(NC(C)C(=O)Nc3cc(C)ccc3C)ccc21. The second-order valence-corrected chi connectivity index (χ2v) is 6.94. The third-order valence-corrected chi connectivity index (χ3v) is 4.78. The minimum absolute atomic E-state index is 0.0609. The molecule has 26 heavy (non-hydrogen) atoms. The summed E-state index contributed by atoms with van der Waals surface area (Å²) in [5, 5.41) is 6.25. The number of fused-ring (bicyclic) bond motifs is 1. The van der Waals surface area contributed by atoms with Crippen molar-refractivity contribution in [3.8, 4) is 0 Å². The molecule has 0 saturated heterocycles. The molecule has 0 spiro atoms. The molecule has 2 N–H and O–H groups in total. The molecule has 1 atom stereocenters. The van der Waals surface area contributed by atoms with Crippen LogP contribution in [0.4, 0.5) is 17.1 Å². The summed E-state index contributed by atoms with van der Waals surface area (Å²) in [6, 6.07) is 11.5. The van der Waals surface area contributed by atoms with Crippen molar-refractivity contribution in [2.24, 2.45) is 0 Å². The molecular formula is C21H25N3O2. The predicted octanol–water partition coefficient (Wildman–Crippen LogP) is 3.65. The number of hydrogen-bond acceptors (Lipinski definition) is 3. The number of nitrogens with zero attached hydrogens (tertiary/aromatic N) is 1. The van der Waals surface area contributed by atoms with Crippen LogP contribution < -0.4 is 15.5 Å². The van der Waals surface area contributed by atoms with Crippen LogP contribution in [0.25, 0.3) is 0 Å². The zero-order valence-corrected chi connectivity index (χ0v) is 15.7. The fourth-order valence-corrected chi connectivity index (χ4v) is 3.25. The average Bonchev–Trinajstić information content (AvgIpc) is 3.01. The van der Waals surface area contributed by atoms with Gasteiger partial charge in [-0.2, -0.15) is 0 Å². The molecule has 0 fully saturated rings. The Bertz CT molecular complexity index is 860. The highest BCUT2D eigenvalue weighted by atomic mass is 16.2. The Morgan fingerprint density at radius 3 is 2.62 bits per heavy atom.